The Balaban J connectivity index is 1.53. The first-order valence-electron chi connectivity index (χ1n) is 9.05. The molecule has 0 aliphatic heterocycles. The van der Waals surface area contributed by atoms with E-state index >= 15 is 0 Å². The first-order valence-corrected chi connectivity index (χ1v) is 9.05. The van der Waals surface area contributed by atoms with Gasteiger partial charge in [0.2, 0.25) is 0 Å². The normalized spacial score (nSPS) is 10.4. The molecule has 1 aromatic heterocycles. The predicted octanol–water partition coefficient (Wildman–Crippen LogP) is 4.00. The summed E-state index contributed by atoms with van der Waals surface area (Å²) in [6.45, 7) is 0.359. The fraction of sp³-hybridized carbons (Fsp3) is 0.182. The van der Waals surface area contributed by atoms with E-state index in [4.69, 9.17) is 0 Å². The molecule has 1 amide bonds. The van der Waals surface area contributed by atoms with Crippen molar-refractivity contribution in [3.8, 4) is 0 Å². The van der Waals surface area contributed by atoms with Crippen molar-refractivity contribution in [2.45, 2.75) is 6.42 Å². The number of carbonyl (C=O) groups is 1. The van der Waals surface area contributed by atoms with Gasteiger partial charge in [0.05, 0.1) is 5.56 Å². The van der Waals surface area contributed by atoms with Crippen molar-refractivity contribution in [1.29, 1.82) is 0 Å². The number of pyridine rings is 1. The zero-order valence-corrected chi connectivity index (χ0v) is 15.9. The summed E-state index contributed by atoms with van der Waals surface area (Å²) in [5.41, 5.74) is 3.07. The quantitative estimate of drug-likeness (QED) is 0.652. The zero-order chi connectivity index (χ0) is 19.9. The first kappa shape index (κ1) is 19.4. The largest absolute Gasteiger partial charge is 0.378 e. The number of amides is 1. The fourth-order valence-electron chi connectivity index (χ4n) is 2.71. The third-order valence-corrected chi connectivity index (χ3v) is 4.32. The Morgan fingerprint density at radius 3 is 2.43 bits per heavy atom. The highest BCUT2D eigenvalue weighted by Crippen LogP contribution is 2.19. The molecule has 144 valence electrons. The van der Waals surface area contributed by atoms with Gasteiger partial charge in [0.1, 0.15) is 11.6 Å². The Kier molecular flexibility index (Phi) is 6.22. The molecule has 2 aromatic carbocycles. The van der Waals surface area contributed by atoms with Crippen LogP contribution in [0.25, 0.3) is 0 Å². The lowest BCUT2D eigenvalue weighted by Crippen LogP contribution is -2.26. The van der Waals surface area contributed by atoms with Gasteiger partial charge < -0.3 is 15.5 Å². The van der Waals surface area contributed by atoms with Gasteiger partial charge >= 0.3 is 0 Å². The maximum absolute atomic E-state index is 13.6. The first-order chi connectivity index (χ1) is 13.5. The van der Waals surface area contributed by atoms with E-state index in [0.29, 0.717) is 29.9 Å². The lowest BCUT2D eigenvalue weighted by Gasteiger charge is -2.13. The second kappa shape index (κ2) is 8.99. The number of halogens is 1. The van der Waals surface area contributed by atoms with E-state index in [1.54, 1.807) is 30.3 Å². The second-order valence-electron chi connectivity index (χ2n) is 6.60. The molecule has 0 aliphatic carbocycles. The van der Waals surface area contributed by atoms with E-state index in [1.165, 1.54) is 12.3 Å². The van der Waals surface area contributed by atoms with Crippen molar-refractivity contribution in [1.82, 2.24) is 10.3 Å². The number of hydrogen-bond acceptors (Lipinski definition) is 4. The maximum atomic E-state index is 13.6. The molecule has 2 N–H and O–H groups in total. The van der Waals surface area contributed by atoms with Crippen LogP contribution >= 0.6 is 0 Å². The van der Waals surface area contributed by atoms with Gasteiger partial charge in [-0.15, -0.1) is 0 Å². The number of anilines is 3. The molecule has 5 nitrogen and oxygen atoms in total. The Hall–Kier alpha value is -3.41. The molecule has 0 saturated heterocycles. The summed E-state index contributed by atoms with van der Waals surface area (Å²) in [7, 11) is 3.98. The number of nitrogens with zero attached hydrogens (tertiary/aromatic N) is 2. The van der Waals surface area contributed by atoms with Crippen molar-refractivity contribution in [3.05, 3.63) is 83.8 Å². The van der Waals surface area contributed by atoms with Gasteiger partial charge in [0.25, 0.3) is 5.91 Å². The van der Waals surface area contributed by atoms with Gasteiger partial charge in [-0.25, -0.2) is 9.37 Å². The number of nitrogens with one attached hydrogen (secondary N) is 2. The zero-order valence-electron chi connectivity index (χ0n) is 15.9. The molecule has 3 rings (SSSR count). The summed E-state index contributed by atoms with van der Waals surface area (Å²) in [5.74, 6) is 0.165. The van der Waals surface area contributed by atoms with Crippen LogP contribution in [-0.4, -0.2) is 31.5 Å². The van der Waals surface area contributed by atoms with Crippen LogP contribution < -0.4 is 15.5 Å². The van der Waals surface area contributed by atoms with E-state index in [2.05, 4.69) is 15.6 Å². The van der Waals surface area contributed by atoms with Crippen molar-refractivity contribution in [3.63, 3.8) is 0 Å². The minimum absolute atomic E-state index is 0.231. The van der Waals surface area contributed by atoms with Crippen LogP contribution in [0.5, 0.6) is 0 Å². The van der Waals surface area contributed by atoms with Crippen molar-refractivity contribution in [2.75, 3.05) is 30.9 Å². The van der Waals surface area contributed by atoms with E-state index in [1.807, 2.05) is 43.3 Å². The number of benzene rings is 2. The molecule has 0 radical (unpaired) electrons. The molecular weight excluding hydrogens is 355 g/mol. The smallest absolute Gasteiger partial charge is 0.252 e. The molecule has 0 unspecified atom stereocenters. The Morgan fingerprint density at radius 2 is 1.79 bits per heavy atom. The van der Waals surface area contributed by atoms with Crippen LogP contribution in [0.2, 0.25) is 0 Å². The molecule has 0 aliphatic rings. The van der Waals surface area contributed by atoms with Crippen LogP contribution in [0.3, 0.4) is 0 Å². The average Bonchev–Trinajstić information content (AvgIpc) is 2.70. The third-order valence-electron chi connectivity index (χ3n) is 4.32. The molecule has 0 bridgehead atoms. The monoisotopic (exact) mass is 378 g/mol. The summed E-state index contributed by atoms with van der Waals surface area (Å²) in [5, 5.41) is 5.99. The summed E-state index contributed by atoms with van der Waals surface area (Å²) in [6, 6.07) is 18.0. The minimum atomic E-state index is -0.257. The summed E-state index contributed by atoms with van der Waals surface area (Å²) in [6.07, 6.45) is 1.96. The minimum Gasteiger partial charge on any atom is -0.378 e. The molecule has 6 heteroatoms. The molecule has 0 saturated carbocycles. The van der Waals surface area contributed by atoms with Crippen molar-refractivity contribution < 1.29 is 9.18 Å². The standard InChI is InChI=1S/C22H23FN4O/c1-27(2)19-10-8-18(9-11-19)26-21-12-7-17(15-25-21)22(28)24-14-13-16-5-3-4-6-20(16)23/h3-12,15H,13-14H2,1-2H3,(H,24,28)(H,25,26). The fourth-order valence-corrected chi connectivity index (χ4v) is 2.71. The van der Waals surface area contributed by atoms with Crippen molar-refractivity contribution in [2.24, 2.45) is 0 Å². The highest BCUT2D eigenvalue weighted by atomic mass is 19.1. The van der Waals surface area contributed by atoms with Gasteiger partial charge in [-0.1, -0.05) is 18.2 Å². The lowest BCUT2D eigenvalue weighted by molar-refractivity contribution is 0.0953. The third kappa shape index (κ3) is 5.07. The summed E-state index contributed by atoms with van der Waals surface area (Å²) in [4.78, 5) is 18.5. The molecule has 0 fully saturated rings. The number of carbonyl (C=O) groups excluding carboxylic acids is 1. The highest BCUT2D eigenvalue weighted by Gasteiger charge is 2.07. The number of rotatable bonds is 7. The predicted molar refractivity (Wildman–Crippen MR) is 111 cm³/mol. The molecular formula is C22H23FN4O. The Bertz CT molecular complexity index is 924. The van der Waals surface area contributed by atoms with Crippen LogP contribution in [0.1, 0.15) is 15.9 Å². The summed E-state index contributed by atoms with van der Waals surface area (Å²) < 4.78 is 13.6. The van der Waals surface area contributed by atoms with E-state index in [-0.39, 0.29) is 11.7 Å². The maximum Gasteiger partial charge on any atom is 0.252 e. The Labute approximate surface area is 164 Å². The van der Waals surface area contributed by atoms with Crippen LogP contribution in [0.4, 0.5) is 21.6 Å². The van der Waals surface area contributed by atoms with E-state index in [9.17, 15) is 9.18 Å². The van der Waals surface area contributed by atoms with E-state index in [0.717, 1.165) is 11.4 Å². The summed E-state index contributed by atoms with van der Waals surface area (Å²) >= 11 is 0. The molecule has 3 aromatic rings. The van der Waals surface area contributed by atoms with Crippen LogP contribution in [0, 0.1) is 5.82 Å². The highest BCUT2D eigenvalue weighted by molar-refractivity contribution is 5.94. The lowest BCUT2D eigenvalue weighted by atomic mass is 10.1. The average molecular weight is 378 g/mol. The van der Waals surface area contributed by atoms with Gasteiger partial charge in [-0.2, -0.15) is 0 Å². The second-order valence-corrected chi connectivity index (χ2v) is 6.60. The topological polar surface area (TPSA) is 57.3 Å². The van der Waals surface area contributed by atoms with Gasteiger partial charge in [0.15, 0.2) is 0 Å². The van der Waals surface area contributed by atoms with E-state index < -0.39 is 0 Å². The molecule has 0 spiro atoms. The number of aromatic nitrogens is 1. The molecule has 0 atom stereocenters. The Morgan fingerprint density at radius 1 is 1.04 bits per heavy atom. The van der Waals surface area contributed by atoms with Gasteiger partial charge in [-0.05, 0) is 54.4 Å². The van der Waals surface area contributed by atoms with Gasteiger partial charge in [-0.3, -0.25) is 4.79 Å². The SMILES string of the molecule is CN(C)c1ccc(Nc2ccc(C(=O)NCCc3ccccc3F)cn2)cc1. The van der Waals surface area contributed by atoms with Gasteiger partial charge in [0, 0.05) is 38.2 Å². The number of hydrogen-bond donors (Lipinski definition) is 2. The molecule has 28 heavy (non-hydrogen) atoms. The van der Waals surface area contributed by atoms with Crippen molar-refractivity contribution >= 4 is 23.1 Å². The van der Waals surface area contributed by atoms with Crippen LogP contribution in [-0.2, 0) is 6.42 Å². The molecule has 1 heterocycles. The van der Waals surface area contributed by atoms with Crippen LogP contribution in [0.15, 0.2) is 66.9 Å².